The molecule has 9 heteroatoms. The van der Waals surface area contributed by atoms with Crippen LogP contribution in [0.4, 0.5) is 4.39 Å². The van der Waals surface area contributed by atoms with Gasteiger partial charge in [0.05, 0.1) is 6.07 Å². The quantitative estimate of drug-likeness (QED) is 0.690. The summed E-state index contributed by atoms with van der Waals surface area (Å²) in [4.78, 5) is 24.6. The van der Waals surface area contributed by atoms with Crippen molar-refractivity contribution in [3.8, 4) is 22.9 Å². The minimum atomic E-state index is -0.901. The van der Waals surface area contributed by atoms with Crippen molar-refractivity contribution in [3.63, 3.8) is 0 Å². The van der Waals surface area contributed by atoms with Crippen LogP contribution < -0.4 is 15.4 Å². The van der Waals surface area contributed by atoms with Gasteiger partial charge in [0.25, 0.3) is 5.91 Å². The summed E-state index contributed by atoms with van der Waals surface area (Å²) in [5.41, 5.74) is 4.38. The van der Waals surface area contributed by atoms with Crippen LogP contribution in [0.25, 0.3) is 11.1 Å². The van der Waals surface area contributed by atoms with Gasteiger partial charge >= 0.3 is 0 Å². The largest absolute Gasteiger partial charge is 0.488 e. The number of ketones is 1. The van der Waals surface area contributed by atoms with Crippen LogP contribution in [0.1, 0.15) is 39.9 Å². The Hall–Kier alpha value is -2.99. The number of benzene rings is 2. The van der Waals surface area contributed by atoms with Gasteiger partial charge in [0.15, 0.2) is 5.78 Å². The number of nitriles is 1. The summed E-state index contributed by atoms with van der Waals surface area (Å²) in [5.74, 6) is -0.191. The molecule has 7 nitrogen and oxygen atoms in total. The SMILES string of the molecule is Cl.N#C[C@H](Cc1cc2c(cc1F)-c1cc3c(cc1CO2)C(=O)CC3)NC(=O)[C@@H]1CNCCCO1. The fourth-order valence-corrected chi connectivity index (χ4v) is 4.64. The number of hydrogen-bond acceptors (Lipinski definition) is 6. The van der Waals surface area contributed by atoms with E-state index < -0.39 is 18.0 Å². The molecule has 0 aromatic heterocycles. The van der Waals surface area contributed by atoms with Crippen LogP contribution >= 0.6 is 12.4 Å². The highest BCUT2D eigenvalue weighted by Crippen LogP contribution is 2.41. The second-order valence-electron chi connectivity index (χ2n) is 8.63. The summed E-state index contributed by atoms with van der Waals surface area (Å²) in [7, 11) is 0. The predicted octanol–water partition coefficient (Wildman–Crippen LogP) is 2.87. The van der Waals surface area contributed by atoms with Crippen LogP contribution in [0.5, 0.6) is 5.75 Å². The van der Waals surface area contributed by atoms with E-state index in [0.717, 1.165) is 35.2 Å². The van der Waals surface area contributed by atoms with Gasteiger partial charge in [-0.1, -0.05) is 0 Å². The number of carbonyl (C=O) groups excluding carboxylic acids is 2. The first kappa shape index (κ1) is 24.1. The van der Waals surface area contributed by atoms with E-state index in [9.17, 15) is 14.9 Å². The van der Waals surface area contributed by atoms with Crippen LogP contribution in [0.2, 0.25) is 0 Å². The van der Waals surface area contributed by atoms with Gasteiger partial charge in [-0.15, -0.1) is 12.4 Å². The molecule has 0 spiro atoms. The Morgan fingerprint density at radius 3 is 2.85 bits per heavy atom. The number of amides is 1. The van der Waals surface area contributed by atoms with Gasteiger partial charge in [-0.05, 0) is 65.9 Å². The summed E-state index contributed by atoms with van der Waals surface area (Å²) in [6.45, 7) is 1.91. The first-order valence-electron chi connectivity index (χ1n) is 11.2. The second kappa shape index (κ2) is 10.1. The fraction of sp³-hybridized carbons (Fsp3) is 0.400. The molecule has 2 N–H and O–H groups in total. The molecule has 2 atom stereocenters. The Labute approximate surface area is 203 Å². The van der Waals surface area contributed by atoms with E-state index in [4.69, 9.17) is 9.47 Å². The van der Waals surface area contributed by atoms with Crippen molar-refractivity contribution in [1.29, 1.82) is 5.26 Å². The summed E-state index contributed by atoms with van der Waals surface area (Å²) in [5, 5.41) is 15.3. The van der Waals surface area contributed by atoms with Gasteiger partial charge < -0.3 is 20.1 Å². The van der Waals surface area contributed by atoms with E-state index >= 15 is 4.39 Å². The van der Waals surface area contributed by atoms with Crippen molar-refractivity contribution < 1.29 is 23.5 Å². The molecule has 0 radical (unpaired) electrons. The number of carbonyl (C=O) groups is 2. The molecule has 0 saturated carbocycles. The zero-order valence-corrected chi connectivity index (χ0v) is 19.3. The number of nitrogens with zero attached hydrogens (tertiary/aromatic N) is 1. The highest BCUT2D eigenvalue weighted by Gasteiger charge is 2.28. The Balaban J connectivity index is 0.00000274. The smallest absolute Gasteiger partial charge is 0.251 e. The Morgan fingerprint density at radius 1 is 1.21 bits per heavy atom. The lowest BCUT2D eigenvalue weighted by atomic mass is 9.91. The molecule has 1 fully saturated rings. The number of Topliss-reactive ketones (excluding diaryl/α,β-unsaturated/α-hetero) is 1. The standard InChI is InChI=1S/C25H24FN3O4.ClH/c26-21-10-20-18-7-14-2-3-22(30)19(14)8-16(18)13-33-23(20)9-15(21)6-17(11-27)29-25(31)24-12-28-4-1-5-32-24;/h7-10,17,24,28H,1-6,12-13H2,(H,29,31);1H/t17-,24-;/m0./s1. The molecule has 1 saturated heterocycles. The number of halogens is 2. The van der Waals surface area contributed by atoms with Crippen molar-refractivity contribution in [2.45, 2.75) is 44.4 Å². The number of hydrogen-bond donors (Lipinski definition) is 2. The second-order valence-corrected chi connectivity index (χ2v) is 8.63. The molecule has 5 rings (SSSR count). The molecule has 34 heavy (non-hydrogen) atoms. The monoisotopic (exact) mass is 485 g/mol. The molecule has 178 valence electrons. The van der Waals surface area contributed by atoms with E-state index in [1.165, 1.54) is 6.07 Å². The molecule has 0 unspecified atom stereocenters. The minimum absolute atomic E-state index is 0. The van der Waals surface area contributed by atoms with Crippen LogP contribution in [0.15, 0.2) is 24.3 Å². The van der Waals surface area contributed by atoms with Crippen molar-refractivity contribution in [2.24, 2.45) is 0 Å². The zero-order chi connectivity index (χ0) is 22.9. The van der Waals surface area contributed by atoms with E-state index in [1.54, 1.807) is 6.07 Å². The summed E-state index contributed by atoms with van der Waals surface area (Å²) in [6, 6.07) is 7.99. The van der Waals surface area contributed by atoms with Gasteiger partial charge in [-0.25, -0.2) is 4.39 Å². The number of nitrogens with one attached hydrogen (secondary N) is 2. The maximum absolute atomic E-state index is 15.1. The van der Waals surface area contributed by atoms with Gasteiger partial charge in [0, 0.05) is 37.1 Å². The third-order valence-corrected chi connectivity index (χ3v) is 6.41. The highest BCUT2D eigenvalue weighted by atomic mass is 35.5. The minimum Gasteiger partial charge on any atom is -0.488 e. The van der Waals surface area contributed by atoms with Gasteiger partial charge in [-0.2, -0.15) is 5.26 Å². The Bertz CT molecular complexity index is 1170. The van der Waals surface area contributed by atoms with E-state index in [2.05, 4.69) is 10.6 Å². The van der Waals surface area contributed by atoms with Crippen LogP contribution in [-0.2, 0) is 29.0 Å². The maximum atomic E-state index is 15.1. The Morgan fingerprint density at radius 2 is 2.03 bits per heavy atom. The van der Waals surface area contributed by atoms with Gasteiger partial charge in [0.1, 0.15) is 30.3 Å². The number of aryl methyl sites for hydroxylation is 1. The van der Waals surface area contributed by atoms with Crippen LogP contribution in [-0.4, -0.2) is 43.5 Å². The first-order valence-corrected chi connectivity index (χ1v) is 11.2. The molecule has 2 aromatic carbocycles. The third kappa shape index (κ3) is 4.64. The van der Waals surface area contributed by atoms with Crippen molar-refractivity contribution in [2.75, 3.05) is 19.7 Å². The number of ether oxygens (including phenoxy) is 2. The molecule has 2 heterocycles. The van der Waals surface area contributed by atoms with E-state index in [-0.39, 0.29) is 30.5 Å². The van der Waals surface area contributed by atoms with E-state index in [1.807, 2.05) is 18.2 Å². The van der Waals surface area contributed by atoms with Crippen LogP contribution in [0.3, 0.4) is 0 Å². The number of fused-ring (bicyclic) bond motifs is 4. The van der Waals surface area contributed by atoms with E-state index in [0.29, 0.717) is 49.5 Å². The number of rotatable bonds is 4. The highest BCUT2D eigenvalue weighted by molar-refractivity contribution is 6.01. The molecular formula is C25H25ClFN3O4. The molecule has 2 aromatic rings. The first-order chi connectivity index (χ1) is 16.0. The zero-order valence-electron chi connectivity index (χ0n) is 18.5. The molecule has 3 aliphatic rings. The molecule has 0 bridgehead atoms. The lowest BCUT2D eigenvalue weighted by Crippen LogP contribution is -2.46. The average Bonchev–Trinajstić information content (AvgIpc) is 3.01. The third-order valence-electron chi connectivity index (χ3n) is 6.41. The fourth-order valence-electron chi connectivity index (χ4n) is 4.64. The Kier molecular flexibility index (Phi) is 7.17. The van der Waals surface area contributed by atoms with Crippen molar-refractivity contribution in [3.05, 3.63) is 52.3 Å². The molecule has 2 aliphatic heterocycles. The molecule has 1 amide bonds. The lowest BCUT2D eigenvalue weighted by Gasteiger charge is -2.23. The summed E-state index contributed by atoms with van der Waals surface area (Å²) < 4.78 is 26.5. The summed E-state index contributed by atoms with van der Waals surface area (Å²) >= 11 is 0. The summed E-state index contributed by atoms with van der Waals surface area (Å²) in [6.07, 6.45) is 1.35. The van der Waals surface area contributed by atoms with Gasteiger partial charge in [0.2, 0.25) is 0 Å². The van der Waals surface area contributed by atoms with Gasteiger partial charge in [-0.3, -0.25) is 9.59 Å². The predicted molar refractivity (Wildman–Crippen MR) is 125 cm³/mol. The maximum Gasteiger partial charge on any atom is 0.251 e. The topological polar surface area (TPSA) is 100 Å². The van der Waals surface area contributed by atoms with Crippen molar-refractivity contribution in [1.82, 2.24) is 10.6 Å². The molecular weight excluding hydrogens is 461 g/mol. The van der Waals surface area contributed by atoms with Crippen molar-refractivity contribution >= 4 is 24.1 Å². The normalized spacial score (nSPS) is 19.3. The average molecular weight is 486 g/mol. The molecule has 1 aliphatic carbocycles. The lowest BCUT2D eigenvalue weighted by molar-refractivity contribution is -0.132. The van der Waals surface area contributed by atoms with Crippen LogP contribution in [0, 0.1) is 17.1 Å².